The predicted molar refractivity (Wildman–Crippen MR) is 71.8 cm³/mol. The van der Waals surface area contributed by atoms with Crippen LogP contribution in [0.3, 0.4) is 0 Å². The largest absolute Gasteiger partial charge is 0.481 e. The van der Waals surface area contributed by atoms with Gasteiger partial charge in [0.1, 0.15) is 11.7 Å². The molecule has 0 spiro atoms. The van der Waals surface area contributed by atoms with Crippen molar-refractivity contribution < 1.29 is 33.9 Å². The smallest absolute Gasteiger partial charge is 0.376 e. The van der Waals surface area contributed by atoms with Crippen LogP contribution in [0.25, 0.3) is 0 Å². The molecule has 0 radical (unpaired) electrons. The third-order valence-corrected chi connectivity index (χ3v) is 4.52. The molecule has 3 unspecified atom stereocenters. The minimum atomic E-state index is -2.37. The zero-order valence-electron chi connectivity index (χ0n) is 11.0. The normalized spacial score (nSPS) is 14.3. The molecule has 0 aliphatic carbocycles. The highest BCUT2D eigenvalue weighted by molar-refractivity contribution is 7.44. The van der Waals surface area contributed by atoms with Gasteiger partial charge in [-0.05, 0) is 18.6 Å². The summed E-state index contributed by atoms with van der Waals surface area (Å²) in [5.74, 6) is -5.64. The second kappa shape index (κ2) is 7.81. The van der Waals surface area contributed by atoms with E-state index in [0.29, 0.717) is 0 Å². The van der Waals surface area contributed by atoms with Gasteiger partial charge in [-0.1, -0.05) is 16.7 Å². The van der Waals surface area contributed by atoms with E-state index in [-0.39, 0.29) is 24.6 Å². The monoisotopic (exact) mass is 317 g/mol. The number of benzene rings is 1. The van der Waals surface area contributed by atoms with Crippen molar-refractivity contribution in [2.45, 2.75) is 18.7 Å². The van der Waals surface area contributed by atoms with Crippen LogP contribution in [0, 0.1) is 11.7 Å². The fourth-order valence-corrected chi connectivity index (χ4v) is 3.21. The van der Waals surface area contributed by atoms with Crippen molar-refractivity contribution in [3.63, 3.8) is 0 Å². The highest BCUT2D eigenvalue weighted by atomic mass is 31.1. The average molecular weight is 317 g/mol. The van der Waals surface area contributed by atoms with E-state index in [1.165, 1.54) is 12.1 Å². The van der Waals surface area contributed by atoms with Crippen LogP contribution in [0.4, 0.5) is 4.39 Å². The van der Waals surface area contributed by atoms with Crippen LogP contribution in [-0.4, -0.2) is 33.4 Å². The molecule has 0 bridgehead atoms. The molecule has 114 valence electrons. The molecule has 8 heteroatoms. The van der Waals surface area contributed by atoms with Crippen molar-refractivity contribution in [1.82, 2.24) is 0 Å². The van der Waals surface area contributed by atoms with Gasteiger partial charge in [0.2, 0.25) is 0 Å². The van der Waals surface area contributed by atoms with Crippen molar-refractivity contribution in [3.8, 4) is 0 Å². The Bertz CT molecular complexity index is 547. The molecule has 0 heterocycles. The van der Waals surface area contributed by atoms with Crippen LogP contribution in [0.15, 0.2) is 24.3 Å². The molecule has 3 N–H and O–H groups in total. The Balaban J connectivity index is 2.72. The molecule has 0 saturated carbocycles. The Labute approximate surface area is 121 Å². The molecule has 21 heavy (non-hydrogen) atoms. The first-order valence-electron chi connectivity index (χ1n) is 6.13. The van der Waals surface area contributed by atoms with Crippen LogP contribution in [0.5, 0.6) is 0 Å². The topological polar surface area (TPSA) is 112 Å². The molecule has 1 aromatic carbocycles. The number of carboxylic acids is 2. The number of carbonyl (C=O) groups is 2. The predicted octanol–water partition coefficient (Wildman–Crippen LogP) is 2.21. The molecule has 0 aliphatic rings. The number of rotatable bonds is 8. The summed E-state index contributed by atoms with van der Waals surface area (Å²) < 4.78 is 25.0. The van der Waals surface area contributed by atoms with Crippen LogP contribution in [0.2, 0.25) is 0 Å². The van der Waals surface area contributed by atoms with Gasteiger partial charge in [0.05, 0.1) is 0 Å². The number of aliphatic carboxylic acids is 2. The fourth-order valence-electron chi connectivity index (χ4n) is 1.74. The first-order chi connectivity index (χ1) is 9.81. The molecule has 1 aromatic rings. The molecular formula is C13H15FO6P+. The van der Waals surface area contributed by atoms with Gasteiger partial charge in [-0.15, -0.1) is 0 Å². The maximum atomic E-state index is 13.0. The molecule has 0 fully saturated rings. The SMILES string of the molecule is O=C(O)CCC(C[P+](=O)C(O)c1cccc(F)c1)C(=O)O. The summed E-state index contributed by atoms with van der Waals surface area (Å²) in [6.07, 6.45) is -0.909. The molecule has 1 rings (SSSR count). The van der Waals surface area contributed by atoms with E-state index in [4.69, 9.17) is 10.2 Å². The molecular weight excluding hydrogens is 302 g/mol. The number of halogens is 1. The summed E-state index contributed by atoms with van der Waals surface area (Å²) >= 11 is 0. The highest BCUT2D eigenvalue weighted by Gasteiger charge is 2.36. The number of carboxylic acid groups (broad SMARTS) is 2. The summed E-state index contributed by atoms with van der Waals surface area (Å²) in [6, 6.07) is 4.91. The van der Waals surface area contributed by atoms with Gasteiger partial charge in [-0.2, -0.15) is 0 Å². The minimum Gasteiger partial charge on any atom is -0.481 e. The summed E-state index contributed by atoms with van der Waals surface area (Å²) in [5.41, 5.74) is 0.0958. The molecule has 0 amide bonds. The Morgan fingerprint density at radius 2 is 1.95 bits per heavy atom. The van der Waals surface area contributed by atoms with Gasteiger partial charge in [0, 0.05) is 12.0 Å². The summed E-state index contributed by atoms with van der Waals surface area (Å²) in [6.45, 7) is 0. The van der Waals surface area contributed by atoms with Crippen molar-refractivity contribution >= 4 is 19.7 Å². The number of hydrogen-bond donors (Lipinski definition) is 3. The van der Waals surface area contributed by atoms with Gasteiger partial charge in [-0.25, -0.2) is 4.39 Å². The van der Waals surface area contributed by atoms with E-state index >= 15 is 0 Å². The summed E-state index contributed by atoms with van der Waals surface area (Å²) in [7, 11) is -2.37. The van der Waals surface area contributed by atoms with Crippen LogP contribution in [-0.2, 0) is 14.2 Å². The van der Waals surface area contributed by atoms with Crippen LogP contribution in [0.1, 0.15) is 24.3 Å². The van der Waals surface area contributed by atoms with E-state index < -0.39 is 37.3 Å². The number of hydrogen-bond acceptors (Lipinski definition) is 4. The van der Waals surface area contributed by atoms with Crippen molar-refractivity contribution in [2.75, 3.05) is 6.16 Å². The molecule has 0 aromatic heterocycles. The molecule has 0 aliphatic heterocycles. The van der Waals surface area contributed by atoms with Crippen molar-refractivity contribution in [3.05, 3.63) is 35.6 Å². The van der Waals surface area contributed by atoms with Gasteiger partial charge in [-0.3, -0.25) is 9.59 Å². The Hall–Kier alpha value is -1.85. The molecule has 3 atom stereocenters. The van der Waals surface area contributed by atoms with E-state index in [2.05, 4.69) is 0 Å². The fraction of sp³-hybridized carbons (Fsp3) is 0.385. The van der Waals surface area contributed by atoms with Gasteiger partial charge in [0.25, 0.3) is 5.85 Å². The number of aliphatic hydroxyl groups is 1. The van der Waals surface area contributed by atoms with Crippen LogP contribution >= 0.6 is 7.80 Å². The summed E-state index contributed by atoms with van der Waals surface area (Å²) in [4.78, 5) is 21.4. The quantitative estimate of drug-likeness (QED) is 0.634. The minimum absolute atomic E-state index is 0.0958. The lowest BCUT2D eigenvalue weighted by molar-refractivity contribution is -0.142. The second-order valence-corrected chi connectivity index (χ2v) is 6.18. The third-order valence-electron chi connectivity index (χ3n) is 2.88. The first-order valence-corrected chi connectivity index (χ1v) is 7.64. The Morgan fingerprint density at radius 3 is 2.48 bits per heavy atom. The van der Waals surface area contributed by atoms with Gasteiger partial charge < -0.3 is 15.3 Å². The third kappa shape index (κ3) is 5.57. The zero-order valence-corrected chi connectivity index (χ0v) is 11.9. The maximum absolute atomic E-state index is 13.0. The van der Waals surface area contributed by atoms with E-state index in [1.54, 1.807) is 0 Å². The Morgan fingerprint density at radius 1 is 1.29 bits per heavy atom. The van der Waals surface area contributed by atoms with E-state index in [9.17, 15) is 23.7 Å². The van der Waals surface area contributed by atoms with E-state index in [1.807, 2.05) is 0 Å². The molecule has 0 saturated heterocycles. The second-order valence-electron chi connectivity index (χ2n) is 4.50. The Kier molecular flexibility index (Phi) is 6.39. The highest BCUT2D eigenvalue weighted by Crippen LogP contribution is 2.41. The molecule has 6 nitrogen and oxygen atoms in total. The first kappa shape index (κ1) is 17.2. The lowest BCUT2D eigenvalue weighted by Crippen LogP contribution is -2.18. The van der Waals surface area contributed by atoms with Gasteiger partial charge in [0.15, 0.2) is 6.16 Å². The summed E-state index contributed by atoms with van der Waals surface area (Å²) in [5, 5.41) is 27.4. The zero-order chi connectivity index (χ0) is 16.0. The van der Waals surface area contributed by atoms with Crippen molar-refractivity contribution in [1.29, 1.82) is 0 Å². The average Bonchev–Trinajstić information content (AvgIpc) is 2.41. The lowest BCUT2D eigenvalue weighted by atomic mass is 10.1. The van der Waals surface area contributed by atoms with Crippen LogP contribution < -0.4 is 0 Å². The lowest BCUT2D eigenvalue weighted by Gasteiger charge is -2.07. The number of aliphatic hydroxyl groups excluding tert-OH is 1. The van der Waals surface area contributed by atoms with E-state index in [0.717, 1.165) is 12.1 Å². The van der Waals surface area contributed by atoms with Crippen molar-refractivity contribution in [2.24, 2.45) is 5.92 Å². The maximum Gasteiger partial charge on any atom is 0.376 e. The van der Waals surface area contributed by atoms with Gasteiger partial charge >= 0.3 is 19.7 Å². The standard InChI is InChI=1S/C13H14FO6P/c14-10-3-1-2-8(6-10)13(19)21(20)7-9(12(17)18)4-5-11(15)16/h1-3,6,9,13,19H,4-5,7H2,(H-,15,16,17,18)/p+1.